The number of aromatic amines is 1. The van der Waals surface area contributed by atoms with E-state index >= 15 is 0 Å². The van der Waals surface area contributed by atoms with Crippen molar-refractivity contribution in [1.82, 2.24) is 4.98 Å². The second-order valence-electron chi connectivity index (χ2n) is 14.1. The highest BCUT2D eigenvalue weighted by molar-refractivity contribution is 9.10. The van der Waals surface area contributed by atoms with Crippen molar-refractivity contribution in [2.24, 2.45) is 5.92 Å². The molecular weight excluding hydrogens is 738 g/mol. The van der Waals surface area contributed by atoms with Gasteiger partial charge in [0.2, 0.25) is 17.4 Å². The van der Waals surface area contributed by atoms with Gasteiger partial charge in [-0.25, -0.2) is 0 Å². The van der Waals surface area contributed by atoms with Gasteiger partial charge in [0.05, 0.1) is 44.2 Å². The number of aromatic nitrogens is 1. The number of H-pyrrole nitrogens is 1. The van der Waals surface area contributed by atoms with Crippen molar-refractivity contribution >= 4 is 55.7 Å². The summed E-state index contributed by atoms with van der Waals surface area (Å²) in [6, 6.07) is 25.2. The highest BCUT2D eigenvalue weighted by Gasteiger charge is 2.54. The lowest BCUT2D eigenvalue weighted by Crippen LogP contribution is -2.67. The summed E-state index contributed by atoms with van der Waals surface area (Å²) < 4.78 is 7.20. The zero-order valence-corrected chi connectivity index (χ0v) is 31.8. The number of nitrogens with zero attached hydrogens (tertiary/aromatic N) is 1. The number of hydrogen-bond acceptors (Lipinski definition) is 7. The molecule has 1 aliphatic rings. The molecule has 0 bridgehead atoms. The smallest absolute Gasteiger partial charge is 0.359 e. The number of hydrogen-bond donors (Lipinski definition) is 6. The summed E-state index contributed by atoms with van der Waals surface area (Å²) >= 11 is 3.62. The van der Waals surface area contributed by atoms with E-state index < -0.39 is 11.8 Å². The molecule has 2 atom stereocenters. The maximum Gasteiger partial charge on any atom is 0.359 e. The number of carbonyl (C=O) groups excluding carboxylic acids is 2. The normalized spacial score (nSPS) is 18.0. The summed E-state index contributed by atoms with van der Waals surface area (Å²) in [6.07, 6.45) is 1.17. The van der Waals surface area contributed by atoms with Gasteiger partial charge in [-0.05, 0) is 89.3 Å². The second-order valence-corrected chi connectivity index (χ2v) is 14.8. The first-order valence-corrected chi connectivity index (χ1v) is 18.5. The van der Waals surface area contributed by atoms with E-state index in [0.717, 1.165) is 39.0 Å². The number of aryl methyl sites for hydroxylation is 1. The molecule has 5 aromatic rings. The Bertz CT molecular complexity index is 2220. The van der Waals surface area contributed by atoms with Crippen LogP contribution in [0.1, 0.15) is 37.3 Å². The van der Waals surface area contributed by atoms with Gasteiger partial charge in [0.1, 0.15) is 11.5 Å². The van der Waals surface area contributed by atoms with E-state index in [9.17, 15) is 24.6 Å². The number of benzene rings is 4. The van der Waals surface area contributed by atoms with Crippen LogP contribution >= 0.6 is 15.9 Å². The van der Waals surface area contributed by atoms with Gasteiger partial charge in [-0.15, -0.1) is 0 Å². The van der Waals surface area contributed by atoms with Crippen LogP contribution in [0.3, 0.4) is 0 Å². The third kappa shape index (κ3) is 8.09. The van der Waals surface area contributed by atoms with Crippen molar-refractivity contribution in [3.63, 3.8) is 0 Å². The minimum atomic E-state index is -1.81. The van der Waals surface area contributed by atoms with Gasteiger partial charge >= 0.3 is 5.91 Å². The van der Waals surface area contributed by atoms with E-state index in [1.54, 1.807) is 0 Å². The van der Waals surface area contributed by atoms with E-state index in [4.69, 9.17) is 4.74 Å². The zero-order chi connectivity index (χ0) is 37.9. The molecule has 53 heavy (non-hydrogen) atoms. The largest absolute Gasteiger partial charge is 0.506 e. The maximum absolute atomic E-state index is 14.1. The number of fused-ring (bicyclic) bond motifs is 1. The number of rotatable bonds is 11. The molecule has 0 spiro atoms. The van der Waals surface area contributed by atoms with E-state index in [1.807, 2.05) is 88.6 Å². The van der Waals surface area contributed by atoms with Crippen molar-refractivity contribution in [2.45, 2.75) is 45.4 Å². The first-order chi connectivity index (χ1) is 25.3. The molecule has 2 amide bonds. The number of amides is 2. The van der Waals surface area contributed by atoms with E-state index in [-0.39, 0.29) is 51.7 Å². The van der Waals surface area contributed by atoms with Crippen LogP contribution in [0.15, 0.2) is 94.2 Å². The molecule has 4 aromatic carbocycles. The van der Waals surface area contributed by atoms with Crippen molar-refractivity contribution in [3.05, 3.63) is 111 Å². The third-order valence-corrected chi connectivity index (χ3v) is 11.1. The van der Waals surface area contributed by atoms with E-state index in [0.29, 0.717) is 36.1 Å². The molecule has 276 valence electrons. The van der Waals surface area contributed by atoms with Gasteiger partial charge in [-0.2, -0.15) is 0 Å². The lowest BCUT2D eigenvalue weighted by Gasteiger charge is -2.48. The summed E-state index contributed by atoms with van der Waals surface area (Å²) in [5.74, 6) is -2.66. The maximum atomic E-state index is 14.1. The molecule has 6 rings (SSSR count). The van der Waals surface area contributed by atoms with Crippen molar-refractivity contribution < 1.29 is 29.0 Å². The molecule has 1 saturated heterocycles. The van der Waals surface area contributed by atoms with Crippen LogP contribution in [0.2, 0.25) is 0 Å². The van der Waals surface area contributed by atoms with Crippen LogP contribution in [-0.4, -0.2) is 64.6 Å². The molecule has 11 nitrogen and oxygen atoms in total. The third-order valence-electron chi connectivity index (χ3n) is 10.1. The van der Waals surface area contributed by atoms with Crippen LogP contribution in [0.4, 0.5) is 17.1 Å². The standard InChI is InChI=1S/C41H44BrN5O6/c1-5-43-31-15-16-32(38(42)25(31)2)44-36(49)19-12-26-11-13-29(27-9-7-6-8-10-27)33(23-26)45-40(51)28-21-22-47(3,4)41(52,24-28)53-35-18-17-34(48)39-30(35)14-20-37(50)46-39/h6-11,13-18,20,23,28,43,52H,5,12,19,21-22,24H2,1-4H3,(H3-,44,45,46,48,49,50,51)/p+1/t28?,41-/m1/s1. The number of phenolic OH excluding ortho intramolecular Hbond substituents is 1. The lowest BCUT2D eigenvalue weighted by molar-refractivity contribution is -0.996. The molecule has 2 heterocycles. The van der Waals surface area contributed by atoms with Crippen LogP contribution in [0, 0.1) is 12.8 Å². The fourth-order valence-corrected chi connectivity index (χ4v) is 7.22. The minimum absolute atomic E-state index is 0.0113. The Morgan fingerprint density at radius 3 is 2.49 bits per heavy atom. The van der Waals surface area contributed by atoms with Gasteiger partial charge in [0.15, 0.2) is 0 Å². The fourth-order valence-electron chi connectivity index (χ4n) is 6.78. The molecule has 0 saturated carbocycles. The number of pyridine rings is 1. The monoisotopic (exact) mass is 782 g/mol. The topological polar surface area (TPSA) is 153 Å². The number of carbonyl (C=O) groups is 2. The summed E-state index contributed by atoms with van der Waals surface area (Å²) in [5.41, 5.74) is 5.77. The Morgan fingerprint density at radius 1 is 0.981 bits per heavy atom. The Kier molecular flexibility index (Phi) is 10.9. The number of anilines is 3. The number of halogens is 1. The van der Waals surface area contributed by atoms with Crippen LogP contribution in [-0.2, 0) is 16.0 Å². The molecule has 6 N–H and O–H groups in total. The Labute approximate surface area is 316 Å². The Morgan fingerprint density at radius 2 is 1.74 bits per heavy atom. The fraction of sp³-hybridized carbons (Fsp3) is 0.293. The number of aromatic hydroxyl groups is 1. The Balaban J connectivity index is 1.21. The van der Waals surface area contributed by atoms with Crippen molar-refractivity contribution in [3.8, 4) is 22.6 Å². The summed E-state index contributed by atoms with van der Waals surface area (Å²) in [4.78, 5) is 41.7. The van der Waals surface area contributed by atoms with E-state index in [1.165, 1.54) is 24.3 Å². The molecule has 1 aliphatic heterocycles. The summed E-state index contributed by atoms with van der Waals surface area (Å²) in [7, 11) is 3.68. The molecule has 1 aromatic heterocycles. The first-order valence-electron chi connectivity index (χ1n) is 17.7. The lowest BCUT2D eigenvalue weighted by atomic mass is 9.90. The zero-order valence-electron chi connectivity index (χ0n) is 30.3. The number of phenols is 1. The number of aliphatic hydroxyl groups is 1. The van der Waals surface area contributed by atoms with Gasteiger partial charge in [-0.1, -0.05) is 42.5 Å². The predicted octanol–water partition coefficient (Wildman–Crippen LogP) is 7.12. The molecule has 0 radical (unpaired) electrons. The molecule has 12 heteroatoms. The summed E-state index contributed by atoms with van der Waals surface area (Å²) in [6.45, 7) is 5.26. The second kappa shape index (κ2) is 15.4. The van der Waals surface area contributed by atoms with E-state index in [2.05, 4.69) is 36.9 Å². The SMILES string of the molecule is CCNc1ccc(NC(=O)CCc2ccc(-c3ccccc3)c(NC(=O)C3CC[N+](C)(C)[C@](O)(Oc4ccc(O)c5[nH]c(=O)ccc45)C3)c2)c(Br)c1C. The van der Waals surface area contributed by atoms with Gasteiger partial charge in [0, 0.05) is 52.2 Å². The van der Waals surface area contributed by atoms with Gasteiger partial charge < -0.3 is 35.9 Å². The number of quaternary nitrogens is 1. The number of piperidine rings is 1. The molecule has 0 aliphatic carbocycles. The van der Waals surface area contributed by atoms with Crippen molar-refractivity contribution in [1.29, 1.82) is 0 Å². The molecule has 1 unspecified atom stereocenters. The highest BCUT2D eigenvalue weighted by atomic mass is 79.9. The number of likely N-dealkylation sites (tertiary alicyclic amines) is 1. The Hall–Kier alpha value is -5.17. The quantitative estimate of drug-likeness (QED) is 0.0616. The number of ether oxygens (including phenoxy) is 1. The van der Waals surface area contributed by atoms with Crippen LogP contribution < -0.4 is 26.2 Å². The molecule has 1 fully saturated rings. The van der Waals surface area contributed by atoms with Crippen LogP contribution in [0.5, 0.6) is 11.5 Å². The predicted molar refractivity (Wildman–Crippen MR) is 212 cm³/mol. The first kappa shape index (κ1) is 37.6. The average Bonchev–Trinajstić information content (AvgIpc) is 3.13. The van der Waals surface area contributed by atoms with Crippen molar-refractivity contribution in [2.75, 3.05) is 43.1 Å². The number of nitrogens with one attached hydrogen (secondary N) is 4. The van der Waals surface area contributed by atoms with Gasteiger partial charge in [-0.3, -0.25) is 18.9 Å². The summed E-state index contributed by atoms with van der Waals surface area (Å²) in [5, 5.41) is 32.4. The van der Waals surface area contributed by atoms with Gasteiger partial charge in [0.25, 0.3) is 0 Å². The van der Waals surface area contributed by atoms with Crippen LogP contribution in [0.25, 0.3) is 22.0 Å². The average molecular weight is 784 g/mol. The highest BCUT2D eigenvalue weighted by Crippen LogP contribution is 2.40. The molecular formula is C41H45BrN5O6+. The minimum Gasteiger partial charge on any atom is -0.506 e.